The Kier molecular flexibility index (Phi) is 4.60. The number of rotatable bonds is 4. The second-order valence-electron chi connectivity index (χ2n) is 6.00. The number of aromatic nitrogens is 3. The van der Waals surface area contributed by atoms with E-state index in [1.807, 2.05) is 19.9 Å². The lowest BCUT2D eigenvalue weighted by atomic mass is 10.2. The Balaban J connectivity index is 1.79. The van der Waals surface area contributed by atoms with Crippen molar-refractivity contribution in [2.75, 3.05) is 11.6 Å². The minimum atomic E-state index is -3.37. The third-order valence-electron chi connectivity index (χ3n) is 3.76. The van der Waals surface area contributed by atoms with Gasteiger partial charge in [0.05, 0.1) is 22.5 Å². The number of benzene rings is 1. The summed E-state index contributed by atoms with van der Waals surface area (Å²) in [7, 11) is -3.37. The maximum atomic E-state index is 12.4. The largest absolute Gasteiger partial charge is 0.321 e. The van der Waals surface area contributed by atoms with Gasteiger partial charge in [0.2, 0.25) is 0 Å². The molecule has 0 aliphatic rings. The predicted molar refractivity (Wildman–Crippen MR) is 98.3 cm³/mol. The minimum Gasteiger partial charge on any atom is -0.321 e. The fourth-order valence-corrected chi connectivity index (χ4v) is 3.18. The van der Waals surface area contributed by atoms with E-state index in [-0.39, 0.29) is 10.5 Å². The van der Waals surface area contributed by atoms with E-state index in [9.17, 15) is 13.2 Å². The average molecular weight is 370 g/mol. The van der Waals surface area contributed by atoms with Crippen LogP contribution in [0.25, 0.3) is 5.82 Å². The number of pyridine rings is 1. The number of anilines is 1. The van der Waals surface area contributed by atoms with Gasteiger partial charge in [0.15, 0.2) is 15.7 Å². The van der Waals surface area contributed by atoms with Gasteiger partial charge >= 0.3 is 0 Å². The molecule has 0 atom stereocenters. The summed E-state index contributed by atoms with van der Waals surface area (Å²) < 4.78 is 25.0. The van der Waals surface area contributed by atoms with Gasteiger partial charge in [-0.1, -0.05) is 6.07 Å². The van der Waals surface area contributed by atoms with Crippen LogP contribution in [0, 0.1) is 13.8 Å². The second kappa shape index (κ2) is 6.72. The van der Waals surface area contributed by atoms with Crippen molar-refractivity contribution in [2.24, 2.45) is 0 Å². The van der Waals surface area contributed by atoms with Crippen LogP contribution in [0.1, 0.15) is 21.7 Å². The molecule has 3 rings (SSSR count). The highest BCUT2D eigenvalue weighted by atomic mass is 32.2. The molecule has 7 nitrogen and oxygen atoms in total. The minimum absolute atomic E-state index is 0.100. The number of nitrogens with zero attached hydrogens (tertiary/aromatic N) is 3. The van der Waals surface area contributed by atoms with Crippen LogP contribution in [-0.2, 0) is 9.84 Å². The van der Waals surface area contributed by atoms with Crippen molar-refractivity contribution in [3.8, 4) is 5.82 Å². The van der Waals surface area contributed by atoms with Crippen LogP contribution in [0.5, 0.6) is 0 Å². The van der Waals surface area contributed by atoms with Gasteiger partial charge in [-0.3, -0.25) is 4.79 Å². The van der Waals surface area contributed by atoms with Crippen molar-refractivity contribution in [1.29, 1.82) is 0 Å². The summed E-state index contributed by atoms with van der Waals surface area (Å²) in [5, 5.41) is 7.07. The first-order valence-electron chi connectivity index (χ1n) is 7.85. The van der Waals surface area contributed by atoms with E-state index in [4.69, 9.17) is 0 Å². The summed E-state index contributed by atoms with van der Waals surface area (Å²) >= 11 is 0. The van der Waals surface area contributed by atoms with Crippen LogP contribution < -0.4 is 5.32 Å². The van der Waals surface area contributed by atoms with E-state index in [1.54, 1.807) is 22.9 Å². The lowest BCUT2D eigenvalue weighted by molar-refractivity contribution is 0.102. The number of sulfone groups is 1. The normalized spacial score (nSPS) is 11.3. The molecule has 0 unspecified atom stereocenters. The molecule has 0 saturated carbocycles. The Morgan fingerprint density at radius 1 is 1.12 bits per heavy atom. The van der Waals surface area contributed by atoms with Gasteiger partial charge in [-0.25, -0.2) is 18.1 Å². The van der Waals surface area contributed by atoms with Crippen molar-refractivity contribution >= 4 is 21.4 Å². The molecule has 2 heterocycles. The highest BCUT2D eigenvalue weighted by Crippen LogP contribution is 2.15. The molecule has 0 aliphatic carbocycles. The summed E-state index contributed by atoms with van der Waals surface area (Å²) in [5.41, 5.74) is 2.62. The third-order valence-corrected chi connectivity index (χ3v) is 4.87. The Bertz CT molecular complexity index is 1070. The van der Waals surface area contributed by atoms with Gasteiger partial charge in [-0.2, -0.15) is 5.10 Å². The van der Waals surface area contributed by atoms with E-state index >= 15 is 0 Å². The Morgan fingerprint density at radius 2 is 1.88 bits per heavy atom. The van der Waals surface area contributed by atoms with Gasteiger partial charge in [-0.15, -0.1) is 0 Å². The Labute approximate surface area is 151 Å². The van der Waals surface area contributed by atoms with E-state index < -0.39 is 15.7 Å². The number of hydrogen-bond acceptors (Lipinski definition) is 5. The maximum Gasteiger partial charge on any atom is 0.255 e. The third kappa shape index (κ3) is 3.80. The molecular weight excluding hydrogens is 352 g/mol. The molecule has 0 bridgehead atoms. The molecule has 134 valence electrons. The number of nitrogens with one attached hydrogen (secondary N) is 1. The molecule has 26 heavy (non-hydrogen) atoms. The summed E-state index contributed by atoms with van der Waals surface area (Å²) in [4.78, 5) is 16.8. The number of aryl methyl sites for hydroxylation is 2. The van der Waals surface area contributed by atoms with Crippen molar-refractivity contribution in [2.45, 2.75) is 18.7 Å². The van der Waals surface area contributed by atoms with Crippen LogP contribution in [0.3, 0.4) is 0 Å². The zero-order chi connectivity index (χ0) is 18.9. The fourth-order valence-electron chi connectivity index (χ4n) is 2.52. The molecular formula is C18H18N4O3S. The molecule has 0 saturated heterocycles. The Hall–Kier alpha value is -3.00. The van der Waals surface area contributed by atoms with Gasteiger partial charge in [0.25, 0.3) is 5.91 Å². The highest BCUT2D eigenvalue weighted by Gasteiger charge is 2.12. The molecule has 1 N–H and O–H groups in total. The standard InChI is InChI=1S/C18H18N4O3S/c1-12-9-13(2)22(21-12)17-8-7-15(11-19-17)20-18(23)14-5-4-6-16(10-14)26(3,24)25/h4-11H,1-3H3,(H,20,23). The van der Waals surface area contributed by atoms with E-state index in [0.717, 1.165) is 17.6 Å². The lowest BCUT2D eigenvalue weighted by Gasteiger charge is -2.08. The molecule has 0 aliphatic heterocycles. The van der Waals surface area contributed by atoms with E-state index in [1.165, 1.54) is 24.4 Å². The number of amides is 1. The summed E-state index contributed by atoms with van der Waals surface area (Å²) in [5.74, 6) is 0.240. The summed E-state index contributed by atoms with van der Waals surface area (Å²) in [6.45, 7) is 3.84. The lowest BCUT2D eigenvalue weighted by Crippen LogP contribution is -2.13. The first-order valence-corrected chi connectivity index (χ1v) is 9.74. The average Bonchev–Trinajstić information content (AvgIpc) is 2.93. The quantitative estimate of drug-likeness (QED) is 0.762. The molecule has 8 heteroatoms. The molecule has 0 spiro atoms. The number of carbonyl (C=O) groups is 1. The maximum absolute atomic E-state index is 12.4. The van der Waals surface area contributed by atoms with Crippen molar-refractivity contribution in [3.05, 3.63) is 65.6 Å². The molecule has 2 aromatic heterocycles. The number of carbonyl (C=O) groups excluding carboxylic acids is 1. The van der Waals surface area contributed by atoms with E-state index in [0.29, 0.717) is 11.5 Å². The molecule has 0 fully saturated rings. The van der Waals surface area contributed by atoms with Gasteiger partial charge in [-0.05, 0) is 50.2 Å². The van der Waals surface area contributed by atoms with E-state index in [2.05, 4.69) is 15.4 Å². The van der Waals surface area contributed by atoms with Gasteiger partial charge in [0, 0.05) is 17.5 Å². The van der Waals surface area contributed by atoms with Gasteiger partial charge < -0.3 is 5.32 Å². The summed E-state index contributed by atoms with van der Waals surface area (Å²) in [6.07, 6.45) is 2.63. The topological polar surface area (TPSA) is 94.0 Å². The van der Waals surface area contributed by atoms with Crippen LogP contribution >= 0.6 is 0 Å². The molecule has 1 amide bonds. The SMILES string of the molecule is Cc1cc(C)n(-c2ccc(NC(=O)c3cccc(S(C)(=O)=O)c3)cn2)n1. The molecule has 0 radical (unpaired) electrons. The zero-order valence-corrected chi connectivity index (χ0v) is 15.4. The smallest absolute Gasteiger partial charge is 0.255 e. The number of hydrogen-bond donors (Lipinski definition) is 1. The first kappa shape index (κ1) is 17.8. The fraction of sp³-hybridized carbons (Fsp3) is 0.167. The van der Waals surface area contributed by atoms with Crippen LogP contribution in [0.15, 0.2) is 53.6 Å². The van der Waals surface area contributed by atoms with Crippen LogP contribution in [-0.4, -0.2) is 35.3 Å². The van der Waals surface area contributed by atoms with Gasteiger partial charge in [0.1, 0.15) is 0 Å². The first-order chi connectivity index (χ1) is 12.2. The monoisotopic (exact) mass is 370 g/mol. The van der Waals surface area contributed by atoms with Crippen molar-refractivity contribution in [1.82, 2.24) is 14.8 Å². The van der Waals surface area contributed by atoms with Crippen molar-refractivity contribution < 1.29 is 13.2 Å². The Morgan fingerprint density at radius 3 is 2.46 bits per heavy atom. The zero-order valence-electron chi connectivity index (χ0n) is 14.6. The van der Waals surface area contributed by atoms with Crippen LogP contribution in [0.2, 0.25) is 0 Å². The molecule has 3 aromatic rings. The highest BCUT2D eigenvalue weighted by molar-refractivity contribution is 7.90. The second-order valence-corrected chi connectivity index (χ2v) is 8.01. The molecule has 1 aromatic carbocycles. The van der Waals surface area contributed by atoms with Crippen molar-refractivity contribution in [3.63, 3.8) is 0 Å². The van der Waals surface area contributed by atoms with Crippen LogP contribution in [0.4, 0.5) is 5.69 Å². The summed E-state index contributed by atoms with van der Waals surface area (Å²) in [6, 6.07) is 11.3. The predicted octanol–water partition coefficient (Wildman–Crippen LogP) is 2.54.